The van der Waals surface area contributed by atoms with E-state index in [-0.39, 0.29) is 11.9 Å². The summed E-state index contributed by atoms with van der Waals surface area (Å²) in [6.07, 6.45) is 0.383. The normalized spacial score (nSPS) is 12.5. The molecule has 2 aromatic heterocycles. The lowest BCUT2D eigenvalue weighted by Gasteiger charge is -2.14. The number of carbonyl (C=O) groups excluding carboxylic acids is 1. The molecule has 1 amide bonds. The van der Waals surface area contributed by atoms with Gasteiger partial charge in [0.25, 0.3) is 0 Å². The quantitative estimate of drug-likeness (QED) is 0.686. The van der Waals surface area contributed by atoms with E-state index in [1.54, 1.807) is 7.11 Å². The fourth-order valence-corrected chi connectivity index (χ4v) is 3.63. The highest BCUT2D eigenvalue weighted by molar-refractivity contribution is 5.94. The Bertz CT molecular complexity index is 955. The van der Waals surface area contributed by atoms with Crippen molar-refractivity contribution in [3.05, 3.63) is 47.4 Å². The standard InChI is InChI=1S/C21H28N4O2/c1-14-10-16(3)25(23-14)17(4)12-21(26)22-19-6-7-20-18(13-19)11-15(2)24(20)8-9-27-5/h6-7,10-11,13,17H,8-9,12H2,1-5H3,(H,22,26)/t17-/m0/s1. The van der Waals surface area contributed by atoms with E-state index in [4.69, 9.17) is 4.74 Å². The Labute approximate surface area is 160 Å². The van der Waals surface area contributed by atoms with E-state index in [1.807, 2.05) is 43.7 Å². The van der Waals surface area contributed by atoms with Gasteiger partial charge in [0.1, 0.15) is 0 Å². The van der Waals surface area contributed by atoms with Crippen molar-refractivity contribution in [1.82, 2.24) is 14.3 Å². The number of aromatic nitrogens is 3. The van der Waals surface area contributed by atoms with Crippen molar-refractivity contribution in [2.75, 3.05) is 19.0 Å². The van der Waals surface area contributed by atoms with Gasteiger partial charge in [0.15, 0.2) is 0 Å². The molecule has 6 heteroatoms. The van der Waals surface area contributed by atoms with Crippen molar-refractivity contribution in [2.24, 2.45) is 0 Å². The molecule has 0 aliphatic rings. The largest absolute Gasteiger partial charge is 0.383 e. The lowest BCUT2D eigenvalue weighted by molar-refractivity contribution is -0.116. The zero-order valence-electron chi connectivity index (χ0n) is 16.7. The Hall–Kier alpha value is -2.60. The third-order valence-electron chi connectivity index (χ3n) is 4.85. The summed E-state index contributed by atoms with van der Waals surface area (Å²) in [5, 5.41) is 8.61. The maximum absolute atomic E-state index is 12.5. The van der Waals surface area contributed by atoms with E-state index in [9.17, 15) is 4.79 Å². The van der Waals surface area contributed by atoms with Crippen LogP contribution in [0.4, 0.5) is 5.69 Å². The van der Waals surface area contributed by atoms with Gasteiger partial charge in [-0.15, -0.1) is 0 Å². The Morgan fingerprint density at radius 2 is 1.96 bits per heavy atom. The molecule has 6 nitrogen and oxygen atoms in total. The van der Waals surface area contributed by atoms with Crippen LogP contribution in [0.25, 0.3) is 10.9 Å². The molecule has 0 aliphatic carbocycles. The van der Waals surface area contributed by atoms with Gasteiger partial charge in [-0.05, 0) is 58.0 Å². The number of amides is 1. The third kappa shape index (κ3) is 4.22. The second kappa shape index (κ2) is 7.96. The van der Waals surface area contributed by atoms with E-state index < -0.39 is 0 Å². The number of benzene rings is 1. The zero-order valence-corrected chi connectivity index (χ0v) is 16.7. The van der Waals surface area contributed by atoms with Crippen molar-refractivity contribution < 1.29 is 9.53 Å². The third-order valence-corrected chi connectivity index (χ3v) is 4.85. The molecule has 1 atom stereocenters. The average molecular weight is 368 g/mol. The van der Waals surface area contributed by atoms with Gasteiger partial charge in [-0.3, -0.25) is 9.48 Å². The molecule has 0 radical (unpaired) electrons. The van der Waals surface area contributed by atoms with Crippen LogP contribution >= 0.6 is 0 Å². The molecule has 3 rings (SSSR count). The first-order chi connectivity index (χ1) is 12.9. The number of anilines is 1. The summed E-state index contributed by atoms with van der Waals surface area (Å²) in [5.74, 6) is -0.00931. The van der Waals surface area contributed by atoms with Gasteiger partial charge < -0.3 is 14.6 Å². The van der Waals surface area contributed by atoms with Crippen LogP contribution in [0.3, 0.4) is 0 Å². The van der Waals surface area contributed by atoms with Gasteiger partial charge in [-0.25, -0.2) is 0 Å². The number of nitrogens with one attached hydrogen (secondary N) is 1. The topological polar surface area (TPSA) is 61.1 Å². The monoisotopic (exact) mass is 368 g/mol. The van der Waals surface area contributed by atoms with Gasteiger partial charge in [0, 0.05) is 48.1 Å². The molecular formula is C21H28N4O2. The van der Waals surface area contributed by atoms with Crippen LogP contribution in [-0.2, 0) is 16.1 Å². The molecule has 2 heterocycles. The summed E-state index contributed by atoms with van der Waals surface area (Å²) in [5.41, 5.74) is 5.19. The van der Waals surface area contributed by atoms with Crippen molar-refractivity contribution in [2.45, 2.75) is 46.7 Å². The summed E-state index contributed by atoms with van der Waals surface area (Å²) in [6, 6.07) is 10.2. The van der Waals surface area contributed by atoms with E-state index >= 15 is 0 Å². The van der Waals surface area contributed by atoms with E-state index in [1.165, 1.54) is 5.69 Å². The SMILES string of the molecule is COCCn1c(C)cc2cc(NC(=O)C[C@H](C)n3nc(C)cc3C)ccc21. The Morgan fingerprint density at radius 1 is 1.19 bits per heavy atom. The van der Waals surface area contributed by atoms with Gasteiger partial charge in [0.2, 0.25) is 5.91 Å². The lowest BCUT2D eigenvalue weighted by Crippen LogP contribution is -2.19. The summed E-state index contributed by atoms with van der Waals surface area (Å²) in [4.78, 5) is 12.5. The highest BCUT2D eigenvalue weighted by atomic mass is 16.5. The number of rotatable bonds is 7. The van der Waals surface area contributed by atoms with E-state index in [2.05, 4.69) is 34.0 Å². The molecule has 0 unspecified atom stereocenters. The zero-order chi connectivity index (χ0) is 19.6. The first kappa shape index (κ1) is 19.2. The highest BCUT2D eigenvalue weighted by Crippen LogP contribution is 2.24. The highest BCUT2D eigenvalue weighted by Gasteiger charge is 2.15. The number of carbonyl (C=O) groups is 1. The molecule has 0 aliphatic heterocycles. The minimum absolute atomic E-state index is 0.00931. The van der Waals surface area contributed by atoms with E-state index in [0.717, 1.165) is 34.5 Å². The maximum atomic E-state index is 12.5. The minimum Gasteiger partial charge on any atom is -0.383 e. The maximum Gasteiger partial charge on any atom is 0.226 e. The second-order valence-electron chi connectivity index (χ2n) is 7.18. The number of hydrogen-bond acceptors (Lipinski definition) is 3. The van der Waals surface area contributed by atoms with Gasteiger partial charge in [-0.1, -0.05) is 0 Å². The molecular weight excluding hydrogens is 340 g/mol. The molecule has 27 heavy (non-hydrogen) atoms. The number of ether oxygens (including phenoxy) is 1. The lowest BCUT2D eigenvalue weighted by atomic mass is 10.2. The summed E-state index contributed by atoms with van der Waals surface area (Å²) >= 11 is 0. The fourth-order valence-electron chi connectivity index (χ4n) is 3.63. The molecule has 1 N–H and O–H groups in total. The summed E-state index contributed by atoms with van der Waals surface area (Å²) < 4.78 is 9.34. The number of fused-ring (bicyclic) bond motifs is 1. The van der Waals surface area contributed by atoms with Gasteiger partial charge in [0.05, 0.1) is 18.3 Å². The van der Waals surface area contributed by atoms with Crippen LogP contribution in [0, 0.1) is 20.8 Å². The van der Waals surface area contributed by atoms with Gasteiger partial charge in [-0.2, -0.15) is 5.10 Å². The fraction of sp³-hybridized carbons (Fsp3) is 0.429. The molecule has 0 spiro atoms. The minimum atomic E-state index is -0.00931. The first-order valence-corrected chi connectivity index (χ1v) is 9.30. The van der Waals surface area contributed by atoms with Crippen LogP contribution in [0.2, 0.25) is 0 Å². The van der Waals surface area contributed by atoms with Crippen LogP contribution < -0.4 is 5.32 Å². The molecule has 0 fully saturated rings. The average Bonchev–Trinajstić information content (AvgIpc) is 3.10. The van der Waals surface area contributed by atoms with Crippen molar-refractivity contribution >= 4 is 22.5 Å². The molecule has 0 saturated heterocycles. The van der Waals surface area contributed by atoms with Crippen molar-refractivity contribution in [3.63, 3.8) is 0 Å². The summed E-state index contributed by atoms with van der Waals surface area (Å²) in [6.45, 7) is 9.57. The van der Waals surface area contributed by atoms with Crippen LogP contribution in [0.1, 0.15) is 36.5 Å². The molecule has 3 aromatic rings. The predicted octanol–water partition coefficient (Wildman–Crippen LogP) is 4.00. The van der Waals surface area contributed by atoms with Crippen molar-refractivity contribution in [3.8, 4) is 0 Å². The molecule has 1 aromatic carbocycles. The number of nitrogens with zero attached hydrogens (tertiary/aromatic N) is 3. The van der Waals surface area contributed by atoms with E-state index in [0.29, 0.717) is 13.0 Å². The summed E-state index contributed by atoms with van der Waals surface area (Å²) in [7, 11) is 1.71. The number of hydrogen-bond donors (Lipinski definition) is 1. The molecule has 0 saturated carbocycles. The van der Waals surface area contributed by atoms with Crippen LogP contribution in [-0.4, -0.2) is 34.0 Å². The van der Waals surface area contributed by atoms with Crippen LogP contribution in [0.15, 0.2) is 30.3 Å². The number of methoxy groups -OCH3 is 1. The first-order valence-electron chi connectivity index (χ1n) is 9.30. The predicted molar refractivity (Wildman–Crippen MR) is 108 cm³/mol. The van der Waals surface area contributed by atoms with Crippen LogP contribution in [0.5, 0.6) is 0 Å². The van der Waals surface area contributed by atoms with Gasteiger partial charge >= 0.3 is 0 Å². The number of aryl methyl sites for hydroxylation is 3. The Balaban J connectivity index is 1.70. The molecule has 0 bridgehead atoms. The Morgan fingerprint density at radius 3 is 2.63 bits per heavy atom. The second-order valence-corrected chi connectivity index (χ2v) is 7.18. The Kier molecular flexibility index (Phi) is 5.65. The van der Waals surface area contributed by atoms with Crippen molar-refractivity contribution in [1.29, 1.82) is 0 Å². The smallest absolute Gasteiger partial charge is 0.226 e. The molecule has 144 valence electrons.